The first kappa shape index (κ1) is 13.2. The van der Waals surface area contributed by atoms with Crippen molar-refractivity contribution < 1.29 is 23.9 Å². The highest BCUT2D eigenvalue weighted by molar-refractivity contribution is 6.23. The zero-order chi connectivity index (χ0) is 15.4. The second-order valence-corrected chi connectivity index (χ2v) is 5.60. The fourth-order valence-corrected chi connectivity index (χ4v) is 3.39. The molecule has 22 heavy (non-hydrogen) atoms. The Balaban J connectivity index is 1.62. The summed E-state index contributed by atoms with van der Waals surface area (Å²) < 4.78 is 10.5. The molecule has 3 heterocycles. The fourth-order valence-electron chi connectivity index (χ4n) is 3.39. The smallest absolute Gasteiger partial charge is 0.308 e. The molecule has 0 aromatic heterocycles. The Morgan fingerprint density at radius 1 is 1.05 bits per heavy atom. The van der Waals surface area contributed by atoms with Crippen LogP contribution in [-0.2, 0) is 19.1 Å². The van der Waals surface area contributed by atoms with Gasteiger partial charge in [-0.1, -0.05) is 12.2 Å². The van der Waals surface area contributed by atoms with E-state index in [2.05, 4.69) is 0 Å². The Bertz CT molecular complexity index is 678. The maximum Gasteiger partial charge on any atom is 0.308 e. The third kappa shape index (κ3) is 1.74. The van der Waals surface area contributed by atoms with Crippen LogP contribution in [0.5, 0.6) is 5.75 Å². The lowest BCUT2D eigenvalue weighted by atomic mass is 9.85. The van der Waals surface area contributed by atoms with Crippen molar-refractivity contribution >= 4 is 23.5 Å². The van der Waals surface area contributed by atoms with Crippen LogP contribution >= 0.6 is 0 Å². The Morgan fingerprint density at radius 2 is 1.59 bits per heavy atom. The SMILES string of the molecule is CC(=O)Oc1ccc(N2C(=O)C3C4C=C[C@H](O4)C3C2=O)cc1. The van der Waals surface area contributed by atoms with Crippen LogP contribution in [-0.4, -0.2) is 30.0 Å². The van der Waals surface area contributed by atoms with E-state index in [1.807, 2.05) is 12.2 Å². The van der Waals surface area contributed by atoms with E-state index in [0.29, 0.717) is 11.4 Å². The first-order valence-electron chi connectivity index (χ1n) is 7.06. The number of rotatable bonds is 2. The highest BCUT2D eigenvalue weighted by Crippen LogP contribution is 2.46. The molecule has 6 heteroatoms. The number of nitrogens with zero attached hydrogens (tertiary/aromatic N) is 1. The summed E-state index contributed by atoms with van der Waals surface area (Å²) in [6, 6.07) is 6.33. The first-order chi connectivity index (χ1) is 10.6. The molecular formula is C16H13NO5. The lowest BCUT2D eigenvalue weighted by Gasteiger charge is -2.17. The summed E-state index contributed by atoms with van der Waals surface area (Å²) in [7, 11) is 0. The molecule has 2 amide bonds. The van der Waals surface area contributed by atoms with Crippen LogP contribution in [0, 0.1) is 11.8 Å². The van der Waals surface area contributed by atoms with Crippen molar-refractivity contribution in [1.29, 1.82) is 0 Å². The molecule has 0 saturated carbocycles. The van der Waals surface area contributed by atoms with E-state index >= 15 is 0 Å². The van der Waals surface area contributed by atoms with E-state index in [1.54, 1.807) is 24.3 Å². The number of imide groups is 1. The Hall–Kier alpha value is -2.47. The summed E-state index contributed by atoms with van der Waals surface area (Å²) in [5, 5.41) is 0. The standard InChI is InChI=1S/C16H13NO5/c1-8(18)21-10-4-2-9(3-5-10)17-15(19)13-11-6-7-12(22-11)14(13)16(17)20/h2-7,11-14H,1H3/t11-,12?,13?,14?/m0/s1. The van der Waals surface area contributed by atoms with Crippen LogP contribution in [0.25, 0.3) is 0 Å². The highest BCUT2D eigenvalue weighted by Gasteiger charge is 2.60. The molecule has 0 aliphatic carbocycles. The summed E-state index contributed by atoms with van der Waals surface area (Å²) in [5.74, 6) is -1.35. The zero-order valence-corrected chi connectivity index (χ0v) is 11.8. The molecule has 4 atom stereocenters. The minimum absolute atomic E-state index is 0.230. The van der Waals surface area contributed by atoms with Crippen LogP contribution in [0.3, 0.4) is 0 Å². The summed E-state index contributed by atoms with van der Waals surface area (Å²) in [6.07, 6.45) is 3.11. The molecule has 3 unspecified atom stereocenters. The van der Waals surface area contributed by atoms with Crippen LogP contribution in [0.1, 0.15) is 6.92 Å². The topological polar surface area (TPSA) is 72.9 Å². The van der Waals surface area contributed by atoms with Crippen LogP contribution in [0.4, 0.5) is 5.69 Å². The van der Waals surface area contributed by atoms with E-state index in [0.717, 1.165) is 0 Å². The first-order valence-corrected chi connectivity index (χ1v) is 7.06. The zero-order valence-electron chi connectivity index (χ0n) is 11.8. The monoisotopic (exact) mass is 299 g/mol. The van der Waals surface area contributed by atoms with Crippen molar-refractivity contribution in [1.82, 2.24) is 0 Å². The fraction of sp³-hybridized carbons (Fsp3) is 0.312. The van der Waals surface area contributed by atoms with Gasteiger partial charge in [0.2, 0.25) is 11.8 Å². The second kappa shape index (κ2) is 4.51. The van der Waals surface area contributed by atoms with Gasteiger partial charge in [0.15, 0.2) is 0 Å². The molecule has 4 rings (SSSR count). The van der Waals surface area contributed by atoms with Gasteiger partial charge in [-0.25, -0.2) is 4.90 Å². The molecule has 0 spiro atoms. The number of carbonyl (C=O) groups is 3. The maximum atomic E-state index is 12.6. The van der Waals surface area contributed by atoms with E-state index in [1.165, 1.54) is 11.8 Å². The van der Waals surface area contributed by atoms with Gasteiger partial charge in [0.25, 0.3) is 0 Å². The molecular weight excluding hydrogens is 286 g/mol. The lowest BCUT2D eigenvalue weighted by molar-refractivity contribution is -0.132. The molecule has 0 radical (unpaired) electrons. The Kier molecular flexibility index (Phi) is 2.71. The lowest BCUT2D eigenvalue weighted by Crippen LogP contribution is -2.34. The van der Waals surface area contributed by atoms with Gasteiger partial charge in [0, 0.05) is 6.92 Å². The molecule has 2 saturated heterocycles. The van der Waals surface area contributed by atoms with Gasteiger partial charge in [-0.05, 0) is 24.3 Å². The van der Waals surface area contributed by atoms with Crippen molar-refractivity contribution in [3.8, 4) is 5.75 Å². The predicted octanol–water partition coefficient (Wildman–Crippen LogP) is 1.05. The third-order valence-corrected chi connectivity index (χ3v) is 4.27. The van der Waals surface area contributed by atoms with Crippen LogP contribution < -0.4 is 9.64 Å². The number of fused-ring (bicyclic) bond motifs is 5. The minimum atomic E-state index is -0.421. The number of ether oxygens (including phenoxy) is 2. The quantitative estimate of drug-likeness (QED) is 0.353. The number of carbonyl (C=O) groups excluding carboxylic acids is 3. The van der Waals surface area contributed by atoms with Gasteiger partial charge in [0.05, 0.1) is 29.7 Å². The summed E-state index contributed by atoms with van der Waals surface area (Å²) in [4.78, 5) is 37.2. The summed E-state index contributed by atoms with van der Waals surface area (Å²) in [5.41, 5.74) is 0.486. The number of hydrogen-bond donors (Lipinski definition) is 0. The van der Waals surface area contributed by atoms with E-state index < -0.39 is 17.8 Å². The molecule has 2 bridgehead atoms. The maximum absolute atomic E-state index is 12.6. The molecule has 2 fully saturated rings. The van der Waals surface area contributed by atoms with Crippen molar-refractivity contribution in [2.75, 3.05) is 4.90 Å². The van der Waals surface area contributed by atoms with Crippen molar-refractivity contribution in [3.63, 3.8) is 0 Å². The average Bonchev–Trinajstić information content (AvgIpc) is 3.14. The van der Waals surface area contributed by atoms with Gasteiger partial charge < -0.3 is 9.47 Å². The third-order valence-electron chi connectivity index (χ3n) is 4.27. The summed E-state index contributed by atoms with van der Waals surface area (Å²) in [6.45, 7) is 1.31. The number of hydrogen-bond acceptors (Lipinski definition) is 5. The normalized spacial score (nSPS) is 31.8. The van der Waals surface area contributed by atoms with Gasteiger partial charge >= 0.3 is 5.97 Å². The van der Waals surface area contributed by atoms with Gasteiger partial charge in [0.1, 0.15) is 5.75 Å². The molecule has 1 aromatic carbocycles. The number of anilines is 1. The van der Waals surface area contributed by atoms with E-state index in [-0.39, 0.29) is 24.0 Å². The number of esters is 1. The predicted molar refractivity (Wildman–Crippen MR) is 75.0 cm³/mol. The van der Waals surface area contributed by atoms with Gasteiger partial charge in [-0.2, -0.15) is 0 Å². The molecule has 3 aliphatic rings. The largest absolute Gasteiger partial charge is 0.427 e. The molecule has 3 aliphatic heterocycles. The summed E-state index contributed by atoms with van der Waals surface area (Å²) >= 11 is 0. The minimum Gasteiger partial charge on any atom is -0.427 e. The highest BCUT2D eigenvalue weighted by atomic mass is 16.5. The average molecular weight is 299 g/mol. The van der Waals surface area contributed by atoms with Gasteiger partial charge in [-0.3, -0.25) is 14.4 Å². The Labute approximate surface area is 126 Å². The van der Waals surface area contributed by atoms with Crippen molar-refractivity contribution in [2.24, 2.45) is 11.8 Å². The van der Waals surface area contributed by atoms with E-state index in [4.69, 9.17) is 9.47 Å². The van der Waals surface area contributed by atoms with Crippen molar-refractivity contribution in [3.05, 3.63) is 36.4 Å². The van der Waals surface area contributed by atoms with Crippen LogP contribution in [0.15, 0.2) is 36.4 Å². The number of benzene rings is 1. The Morgan fingerprint density at radius 3 is 2.09 bits per heavy atom. The molecule has 0 N–H and O–H groups in total. The second-order valence-electron chi connectivity index (χ2n) is 5.60. The van der Waals surface area contributed by atoms with Gasteiger partial charge in [-0.15, -0.1) is 0 Å². The van der Waals surface area contributed by atoms with Crippen LogP contribution in [0.2, 0.25) is 0 Å². The number of amides is 2. The molecule has 1 aromatic rings. The molecule has 6 nitrogen and oxygen atoms in total. The molecule has 112 valence electrons. The van der Waals surface area contributed by atoms with Crippen molar-refractivity contribution in [2.45, 2.75) is 19.1 Å². The van der Waals surface area contributed by atoms with E-state index in [9.17, 15) is 14.4 Å².